The lowest BCUT2D eigenvalue weighted by atomic mass is 10.2. The predicted octanol–water partition coefficient (Wildman–Crippen LogP) is 6.41. The number of nitrogens with zero attached hydrogens (tertiary/aromatic N) is 1. The van der Waals surface area contributed by atoms with E-state index in [9.17, 15) is 0 Å². The Morgan fingerprint density at radius 1 is 1.23 bits per heavy atom. The maximum atomic E-state index is 6.20. The standard InChI is InChI=1S/C18H15BrCl2N2O2S/c1-24-16-8-11(9-23-18-22-5-6-26-18)7-13(19)17(16)25-10-12-14(20)3-2-4-15(12)21/h2-8H,9-10H2,1H3,(H,22,23). The van der Waals surface area contributed by atoms with Crippen LogP contribution in [0.5, 0.6) is 11.5 Å². The van der Waals surface area contributed by atoms with Crippen LogP contribution in [-0.2, 0) is 13.2 Å². The summed E-state index contributed by atoms with van der Waals surface area (Å²) in [5, 5.41) is 7.20. The first-order valence-electron chi connectivity index (χ1n) is 7.64. The monoisotopic (exact) mass is 472 g/mol. The Morgan fingerprint density at radius 3 is 2.65 bits per heavy atom. The summed E-state index contributed by atoms with van der Waals surface area (Å²) < 4.78 is 12.2. The van der Waals surface area contributed by atoms with Crippen LogP contribution in [0.3, 0.4) is 0 Å². The number of aromatic nitrogens is 1. The SMILES string of the molecule is COc1cc(CNc2nccs2)cc(Br)c1OCc1c(Cl)cccc1Cl. The van der Waals surface area contributed by atoms with Gasteiger partial charge in [0.05, 0.1) is 11.6 Å². The molecule has 0 atom stereocenters. The zero-order valence-electron chi connectivity index (χ0n) is 13.8. The van der Waals surface area contributed by atoms with Crippen molar-refractivity contribution in [1.82, 2.24) is 4.98 Å². The Hall–Kier alpha value is -1.47. The van der Waals surface area contributed by atoms with Crippen molar-refractivity contribution in [3.05, 3.63) is 67.6 Å². The summed E-state index contributed by atoms with van der Waals surface area (Å²) in [6.45, 7) is 0.864. The topological polar surface area (TPSA) is 43.4 Å². The van der Waals surface area contributed by atoms with Crippen molar-refractivity contribution in [1.29, 1.82) is 0 Å². The molecule has 4 nitrogen and oxygen atoms in total. The van der Waals surface area contributed by atoms with Crippen LogP contribution in [0.2, 0.25) is 10.0 Å². The number of nitrogens with one attached hydrogen (secondary N) is 1. The zero-order valence-corrected chi connectivity index (χ0v) is 17.7. The van der Waals surface area contributed by atoms with E-state index in [0.29, 0.717) is 28.1 Å². The summed E-state index contributed by atoms with van der Waals surface area (Å²) in [5.74, 6) is 1.22. The van der Waals surface area contributed by atoms with Crippen molar-refractivity contribution in [2.45, 2.75) is 13.2 Å². The van der Waals surface area contributed by atoms with Crippen molar-refractivity contribution in [2.24, 2.45) is 0 Å². The van der Waals surface area contributed by atoms with Gasteiger partial charge in [-0.15, -0.1) is 11.3 Å². The van der Waals surface area contributed by atoms with E-state index in [1.54, 1.807) is 42.8 Å². The van der Waals surface area contributed by atoms with Crippen LogP contribution in [-0.4, -0.2) is 12.1 Å². The van der Waals surface area contributed by atoms with Gasteiger partial charge < -0.3 is 14.8 Å². The molecule has 0 aliphatic rings. The summed E-state index contributed by atoms with van der Waals surface area (Å²) in [4.78, 5) is 4.21. The highest BCUT2D eigenvalue weighted by Gasteiger charge is 2.14. The fraction of sp³-hybridized carbons (Fsp3) is 0.167. The van der Waals surface area contributed by atoms with Gasteiger partial charge in [0, 0.05) is 33.7 Å². The van der Waals surface area contributed by atoms with E-state index in [-0.39, 0.29) is 6.61 Å². The molecule has 2 aromatic carbocycles. The molecule has 0 saturated carbocycles. The number of hydrogen-bond donors (Lipinski definition) is 1. The first-order valence-corrected chi connectivity index (χ1v) is 10.1. The van der Waals surface area contributed by atoms with E-state index in [1.165, 1.54) is 0 Å². The van der Waals surface area contributed by atoms with Gasteiger partial charge in [0.15, 0.2) is 16.6 Å². The maximum absolute atomic E-state index is 6.20. The van der Waals surface area contributed by atoms with Crippen molar-refractivity contribution in [3.63, 3.8) is 0 Å². The molecule has 0 bridgehead atoms. The van der Waals surface area contributed by atoms with Gasteiger partial charge in [0.25, 0.3) is 0 Å². The lowest BCUT2D eigenvalue weighted by Gasteiger charge is -2.15. The minimum Gasteiger partial charge on any atom is -0.493 e. The van der Waals surface area contributed by atoms with Gasteiger partial charge in [-0.3, -0.25) is 0 Å². The molecule has 8 heteroatoms. The Morgan fingerprint density at radius 2 is 2.00 bits per heavy atom. The van der Waals surface area contributed by atoms with E-state index in [2.05, 4.69) is 26.2 Å². The molecule has 26 heavy (non-hydrogen) atoms. The number of rotatable bonds is 7. The highest BCUT2D eigenvalue weighted by atomic mass is 79.9. The Kier molecular flexibility index (Phi) is 6.64. The van der Waals surface area contributed by atoms with Crippen LogP contribution >= 0.6 is 50.5 Å². The molecule has 1 heterocycles. The molecule has 1 N–H and O–H groups in total. The average Bonchev–Trinajstić information content (AvgIpc) is 3.14. The van der Waals surface area contributed by atoms with E-state index < -0.39 is 0 Å². The summed E-state index contributed by atoms with van der Waals surface area (Å²) >= 11 is 17.5. The molecule has 136 valence electrons. The smallest absolute Gasteiger partial charge is 0.182 e. The molecule has 0 radical (unpaired) electrons. The molecular formula is C18H15BrCl2N2O2S. The van der Waals surface area contributed by atoms with Crippen molar-refractivity contribution >= 4 is 55.6 Å². The number of halogens is 3. The Bertz CT molecular complexity index is 871. The van der Waals surface area contributed by atoms with Crippen LogP contribution in [0.4, 0.5) is 5.13 Å². The summed E-state index contributed by atoms with van der Waals surface area (Å²) in [7, 11) is 1.61. The fourth-order valence-corrected chi connectivity index (χ4v) is 3.96. The molecule has 0 saturated heterocycles. The van der Waals surface area contributed by atoms with Gasteiger partial charge >= 0.3 is 0 Å². The normalized spacial score (nSPS) is 10.6. The first kappa shape index (κ1) is 19.3. The van der Waals surface area contributed by atoms with Crippen LogP contribution in [0.15, 0.2) is 46.4 Å². The highest BCUT2D eigenvalue weighted by molar-refractivity contribution is 9.10. The lowest BCUT2D eigenvalue weighted by Crippen LogP contribution is -2.03. The van der Waals surface area contributed by atoms with Crippen LogP contribution in [0, 0.1) is 0 Å². The third kappa shape index (κ3) is 4.62. The van der Waals surface area contributed by atoms with Crippen molar-refractivity contribution in [2.75, 3.05) is 12.4 Å². The fourth-order valence-electron chi connectivity index (χ4n) is 2.32. The van der Waals surface area contributed by atoms with E-state index in [0.717, 1.165) is 20.7 Å². The molecular weight excluding hydrogens is 459 g/mol. The second kappa shape index (κ2) is 8.95. The second-order valence-corrected chi connectivity index (χ2v) is 7.85. The molecule has 0 spiro atoms. The van der Waals surface area contributed by atoms with Crippen molar-refractivity contribution < 1.29 is 9.47 Å². The molecule has 3 aromatic rings. The van der Waals surface area contributed by atoms with Gasteiger partial charge in [0.2, 0.25) is 0 Å². The maximum Gasteiger partial charge on any atom is 0.182 e. The summed E-state index contributed by atoms with van der Waals surface area (Å²) in [6, 6.07) is 9.27. The first-order chi connectivity index (χ1) is 12.6. The lowest BCUT2D eigenvalue weighted by molar-refractivity contribution is 0.282. The summed E-state index contributed by atoms with van der Waals surface area (Å²) in [6.07, 6.45) is 1.76. The third-order valence-electron chi connectivity index (χ3n) is 3.59. The Balaban J connectivity index is 1.76. The minimum absolute atomic E-state index is 0.240. The molecule has 3 rings (SSSR count). The van der Waals surface area contributed by atoms with E-state index in [1.807, 2.05) is 17.5 Å². The number of thiazole rings is 1. The van der Waals surface area contributed by atoms with E-state index >= 15 is 0 Å². The van der Waals surface area contributed by atoms with Gasteiger partial charge in [-0.2, -0.15) is 0 Å². The molecule has 0 amide bonds. The quantitative estimate of drug-likeness (QED) is 0.430. The number of hydrogen-bond acceptors (Lipinski definition) is 5. The van der Waals surface area contributed by atoms with Crippen LogP contribution in [0.1, 0.15) is 11.1 Å². The van der Waals surface area contributed by atoms with Crippen LogP contribution in [0.25, 0.3) is 0 Å². The third-order valence-corrected chi connectivity index (χ3v) is 5.62. The van der Waals surface area contributed by atoms with E-state index in [4.69, 9.17) is 32.7 Å². The molecule has 0 fully saturated rings. The van der Waals surface area contributed by atoms with Crippen LogP contribution < -0.4 is 14.8 Å². The van der Waals surface area contributed by atoms with Gasteiger partial charge in [-0.05, 0) is 45.8 Å². The van der Waals surface area contributed by atoms with Gasteiger partial charge in [-0.1, -0.05) is 29.3 Å². The number of ether oxygens (including phenoxy) is 2. The number of anilines is 1. The number of benzene rings is 2. The predicted molar refractivity (Wildman–Crippen MR) is 111 cm³/mol. The van der Waals surface area contributed by atoms with Gasteiger partial charge in [0.1, 0.15) is 6.61 Å². The average molecular weight is 474 g/mol. The molecule has 0 unspecified atom stereocenters. The largest absolute Gasteiger partial charge is 0.493 e. The zero-order chi connectivity index (χ0) is 18.5. The minimum atomic E-state index is 0.240. The van der Waals surface area contributed by atoms with Gasteiger partial charge in [-0.25, -0.2) is 4.98 Å². The highest BCUT2D eigenvalue weighted by Crippen LogP contribution is 2.38. The number of methoxy groups -OCH3 is 1. The van der Waals surface area contributed by atoms with Crippen molar-refractivity contribution in [3.8, 4) is 11.5 Å². The molecule has 0 aliphatic heterocycles. The second-order valence-electron chi connectivity index (χ2n) is 5.29. The molecule has 1 aromatic heterocycles. The molecule has 0 aliphatic carbocycles. The Labute approximate surface area is 174 Å². The summed E-state index contributed by atoms with van der Waals surface area (Å²) in [5.41, 5.74) is 1.77.